The van der Waals surface area contributed by atoms with Crippen LogP contribution in [0.4, 0.5) is 0 Å². The van der Waals surface area contributed by atoms with Gasteiger partial charge in [-0.1, -0.05) is 0 Å². The summed E-state index contributed by atoms with van der Waals surface area (Å²) in [4.78, 5) is 0. The second kappa shape index (κ2) is 33.0. The van der Waals surface area contributed by atoms with Gasteiger partial charge in [-0.3, -0.25) is 0 Å². The van der Waals surface area contributed by atoms with Crippen LogP contribution >= 0.6 is 0 Å². The minimum atomic E-state index is 0. The molecular formula is C22H28OTi2+4. The molecule has 4 rings (SSSR count). The number of hydrogen-bond acceptors (Lipinski definition) is 0. The molecule has 0 atom stereocenters. The van der Waals surface area contributed by atoms with E-state index in [9.17, 15) is 0 Å². The first-order valence-electron chi connectivity index (χ1n) is 6.67. The zero-order valence-electron chi connectivity index (χ0n) is 15.0. The van der Waals surface area contributed by atoms with Gasteiger partial charge in [-0.15, -0.1) is 0 Å². The van der Waals surface area contributed by atoms with Gasteiger partial charge in [-0.25, -0.2) is 0 Å². The molecule has 126 valence electrons. The minimum Gasteiger partial charge on any atom is -0.412 e. The van der Waals surface area contributed by atoms with E-state index in [1.54, 1.807) is 0 Å². The summed E-state index contributed by atoms with van der Waals surface area (Å²) in [6.45, 7) is 0. The smallest absolute Gasteiger partial charge is 0.412 e. The van der Waals surface area contributed by atoms with Gasteiger partial charge in [0.2, 0.25) is 0 Å². The summed E-state index contributed by atoms with van der Waals surface area (Å²) in [7, 11) is 0. The van der Waals surface area contributed by atoms with Crippen molar-refractivity contribution in [2.75, 3.05) is 0 Å². The van der Waals surface area contributed by atoms with Crippen LogP contribution in [0.5, 0.6) is 0 Å². The molecule has 25 heavy (non-hydrogen) atoms. The fraction of sp³-hybridized carbons (Fsp3) is 0. The van der Waals surface area contributed by atoms with E-state index in [4.69, 9.17) is 0 Å². The van der Waals surface area contributed by atoms with Crippen LogP contribution in [0, 0.1) is 143 Å². The van der Waals surface area contributed by atoms with Gasteiger partial charge < -0.3 is 20.3 Å². The molecule has 0 amide bonds. The van der Waals surface area contributed by atoms with E-state index in [1.807, 2.05) is 128 Å². The molecule has 0 aliphatic heterocycles. The van der Waals surface area contributed by atoms with E-state index in [0.29, 0.717) is 0 Å². The van der Waals surface area contributed by atoms with Crippen LogP contribution in [0.15, 0.2) is 0 Å². The van der Waals surface area contributed by atoms with Gasteiger partial charge in [0.1, 0.15) is 0 Å². The van der Waals surface area contributed by atoms with Crippen LogP contribution in [0.25, 0.3) is 0 Å². The van der Waals surface area contributed by atoms with Gasteiger partial charge >= 0.3 is 43.4 Å². The average molecular weight is 404 g/mol. The molecule has 0 heterocycles. The van der Waals surface area contributed by atoms with Gasteiger partial charge in [0.25, 0.3) is 0 Å². The molecule has 3 heteroatoms. The van der Waals surface area contributed by atoms with E-state index in [2.05, 4.69) is 0 Å². The van der Waals surface area contributed by atoms with Crippen molar-refractivity contribution in [3.05, 3.63) is 143 Å². The Labute approximate surface area is 191 Å². The molecule has 0 aromatic heterocycles. The molecule has 0 aromatic rings. The zero-order valence-corrected chi connectivity index (χ0v) is 18.2. The molecular weight excluding hydrogens is 376 g/mol. The first kappa shape index (κ1) is 37.2. The van der Waals surface area contributed by atoms with Crippen molar-refractivity contribution in [2.24, 2.45) is 0 Å². The average Bonchev–Trinajstić information content (AvgIpc) is 3.40. The summed E-state index contributed by atoms with van der Waals surface area (Å²) in [6, 6.07) is 0. The van der Waals surface area contributed by atoms with Crippen LogP contribution in [-0.2, 0) is 43.4 Å². The van der Waals surface area contributed by atoms with Crippen LogP contribution in [0.3, 0.4) is 0 Å². The largest absolute Gasteiger partial charge is 3.00 e. The van der Waals surface area contributed by atoms with Crippen LogP contribution in [0.1, 0.15) is 0 Å². The second-order valence-corrected chi connectivity index (χ2v) is 3.85. The Morgan fingerprint density at radius 1 is 0.200 bits per heavy atom. The number of hydrogen-bond donors (Lipinski definition) is 0. The minimum absolute atomic E-state index is 0. The maximum atomic E-state index is 2.00. The van der Waals surface area contributed by atoms with Crippen molar-refractivity contribution in [1.82, 2.24) is 0 Å². The van der Waals surface area contributed by atoms with E-state index in [1.165, 1.54) is 0 Å². The molecule has 4 aliphatic carbocycles. The molecule has 0 bridgehead atoms. The predicted molar refractivity (Wildman–Crippen MR) is 102 cm³/mol. The quantitative estimate of drug-likeness (QED) is 0.429. The Morgan fingerprint density at radius 3 is 0.280 bits per heavy atom. The SMILES string of the molecule is O.[CH3-].[CH3-].[CH]1[CH][CH][CH][CH]1.[CH]1[CH][CH][CH][CH]1.[CH]1[CH][CH][CH][CH]1.[CH]1[CH][CH][CH][CH]1.[Ti+3].[Ti+3]. The molecule has 4 fully saturated rings. The molecule has 4 saturated carbocycles. The standard InChI is InChI=1S/4C5H5.2CH3.H2O.2Ti/c4*1-2-4-5-3-1;;;;;/h4*1-5H;2*1H3;1H2;;/q;;;;2*-1;;2*+3. The van der Waals surface area contributed by atoms with Gasteiger partial charge in [-0.2, -0.15) is 0 Å². The third-order valence-electron chi connectivity index (χ3n) is 2.22. The second-order valence-electron chi connectivity index (χ2n) is 3.85. The van der Waals surface area contributed by atoms with E-state index in [0.717, 1.165) is 0 Å². The van der Waals surface area contributed by atoms with Crippen molar-refractivity contribution in [3.63, 3.8) is 0 Å². The maximum Gasteiger partial charge on any atom is 3.00 e. The summed E-state index contributed by atoms with van der Waals surface area (Å²) in [6.07, 6.45) is 40.0. The molecule has 0 spiro atoms. The van der Waals surface area contributed by atoms with Gasteiger partial charge in [0, 0.05) is 0 Å². The Bertz CT molecular complexity index is 102. The van der Waals surface area contributed by atoms with Crippen molar-refractivity contribution in [3.8, 4) is 0 Å². The first-order chi connectivity index (χ1) is 10.0. The molecule has 0 unspecified atom stereocenters. The van der Waals surface area contributed by atoms with E-state index >= 15 is 0 Å². The molecule has 4 aliphatic rings. The Balaban J connectivity index is -0.0000000667. The number of rotatable bonds is 0. The monoisotopic (exact) mass is 404 g/mol. The van der Waals surface area contributed by atoms with Crippen molar-refractivity contribution in [2.45, 2.75) is 0 Å². The molecule has 22 radical (unpaired) electrons. The molecule has 0 saturated heterocycles. The third kappa shape index (κ3) is 30.4. The van der Waals surface area contributed by atoms with E-state index < -0.39 is 0 Å². The summed E-state index contributed by atoms with van der Waals surface area (Å²) in [5.74, 6) is 0. The molecule has 2 N–H and O–H groups in total. The topological polar surface area (TPSA) is 31.5 Å². The zero-order chi connectivity index (χ0) is 14.1. The van der Waals surface area contributed by atoms with Crippen molar-refractivity contribution in [1.29, 1.82) is 0 Å². The summed E-state index contributed by atoms with van der Waals surface area (Å²) >= 11 is 0. The maximum absolute atomic E-state index is 2.00. The third-order valence-corrected chi connectivity index (χ3v) is 2.22. The van der Waals surface area contributed by atoms with Crippen molar-refractivity contribution >= 4 is 0 Å². The Morgan fingerprint density at radius 2 is 0.240 bits per heavy atom. The normalized spacial score (nSPS) is 19.2. The molecule has 0 aromatic carbocycles. The van der Waals surface area contributed by atoms with Gasteiger partial charge in [0.05, 0.1) is 0 Å². The fourth-order valence-electron chi connectivity index (χ4n) is 1.28. The Hall–Kier alpha value is 1.39. The van der Waals surface area contributed by atoms with Crippen LogP contribution in [0.2, 0.25) is 0 Å². The summed E-state index contributed by atoms with van der Waals surface area (Å²) in [5, 5.41) is 0. The Kier molecular flexibility index (Phi) is 49.1. The first-order valence-corrected chi connectivity index (χ1v) is 6.67. The molecule has 1 nitrogen and oxygen atoms in total. The summed E-state index contributed by atoms with van der Waals surface area (Å²) < 4.78 is 0. The van der Waals surface area contributed by atoms with Crippen LogP contribution < -0.4 is 0 Å². The van der Waals surface area contributed by atoms with Crippen molar-refractivity contribution < 1.29 is 48.9 Å². The predicted octanol–water partition coefficient (Wildman–Crippen LogP) is 4.16. The van der Waals surface area contributed by atoms with Gasteiger partial charge in [-0.05, 0) is 128 Å². The summed E-state index contributed by atoms with van der Waals surface area (Å²) in [5.41, 5.74) is 0. The van der Waals surface area contributed by atoms with Gasteiger partial charge in [0.15, 0.2) is 0 Å². The van der Waals surface area contributed by atoms with Crippen LogP contribution in [-0.4, -0.2) is 5.48 Å². The fourth-order valence-corrected chi connectivity index (χ4v) is 1.28. The van der Waals surface area contributed by atoms with E-state index in [-0.39, 0.29) is 63.8 Å².